The molecule has 152 valence electrons. The molecule has 1 amide bonds. The quantitative estimate of drug-likeness (QED) is 0.694. The van der Waals surface area contributed by atoms with Gasteiger partial charge in [0.25, 0.3) is 5.56 Å². The summed E-state index contributed by atoms with van der Waals surface area (Å²) in [5.41, 5.74) is 0.326. The molecule has 0 aliphatic carbocycles. The first-order valence-corrected chi connectivity index (χ1v) is 9.33. The first kappa shape index (κ1) is 18.9. The van der Waals surface area contributed by atoms with Gasteiger partial charge in [-0.2, -0.15) is 10.1 Å². The Hall–Kier alpha value is -3.43. The van der Waals surface area contributed by atoms with Crippen LogP contribution in [0, 0.1) is 0 Å². The predicted molar refractivity (Wildman–Crippen MR) is 104 cm³/mol. The number of carbonyl (C=O) groups excluding carboxylic acids is 1. The normalized spacial score (nSPS) is 16.9. The minimum Gasteiger partial charge on any atom is -0.444 e. The third-order valence-corrected chi connectivity index (χ3v) is 4.57. The molecule has 1 aliphatic rings. The Morgan fingerprint density at radius 2 is 2.14 bits per heavy atom. The molecule has 3 aromatic rings. The van der Waals surface area contributed by atoms with E-state index in [1.807, 2.05) is 20.8 Å². The standard InChI is InChI=1S/C19H22N6O4/c1-19(2,3)29-18(27)25-7-5-11(10-25)15-14(9-21-24-15)28-17-22-13-8-20-6-4-12(13)16(26)23-17/h4,6,8-9,11H,5,7,10H2,1-3H3,(H,21,24)(H,22,23,26)/t11-/m1/s1. The fourth-order valence-corrected chi connectivity index (χ4v) is 3.27. The second-order valence-electron chi connectivity index (χ2n) is 7.93. The zero-order chi connectivity index (χ0) is 20.6. The molecule has 10 heteroatoms. The number of pyridine rings is 1. The lowest BCUT2D eigenvalue weighted by atomic mass is 10.0. The van der Waals surface area contributed by atoms with E-state index < -0.39 is 5.60 Å². The van der Waals surface area contributed by atoms with E-state index in [1.165, 1.54) is 18.6 Å². The first-order chi connectivity index (χ1) is 13.8. The van der Waals surface area contributed by atoms with E-state index in [-0.39, 0.29) is 23.6 Å². The highest BCUT2D eigenvalue weighted by molar-refractivity contribution is 5.76. The molecule has 0 unspecified atom stereocenters. The molecule has 0 bridgehead atoms. The average Bonchev–Trinajstić information content (AvgIpc) is 3.29. The van der Waals surface area contributed by atoms with E-state index in [0.29, 0.717) is 29.7 Å². The highest BCUT2D eigenvalue weighted by Crippen LogP contribution is 2.34. The average molecular weight is 398 g/mol. The highest BCUT2D eigenvalue weighted by Gasteiger charge is 2.33. The second kappa shape index (κ2) is 7.19. The third kappa shape index (κ3) is 4.05. The molecule has 0 radical (unpaired) electrons. The van der Waals surface area contributed by atoms with Crippen LogP contribution < -0.4 is 10.3 Å². The van der Waals surface area contributed by atoms with Crippen LogP contribution in [0.2, 0.25) is 0 Å². The van der Waals surface area contributed by atoms with Crippen LogP contribution in [0.25, 0.3) is 10.9 Å². The molecule has 0 spiro atoms. The Bertz CT molecular complexity index is 1100. The third-order valence-electron chi connectivity index (χ3n) is 4.57. The number of aromatic amines is 2. The van der Waals surface area contributed by atoms with E-state index in [9.17, 15) is 9.59 Å². The molecular formula is C19H22N6O4. The molecule has 1 aliphatic heterocycles. The monoisotopic (exact) mass is 398 g/mol. The Morgan fingerprint density at radius 1 is 1.31 bits per heavy atom. The Kier molecular flexibility index (Phi) is 4.69. The van der Waals surface area contributed by atoms with Crippen molar-refractivity contribution in [2.24, 2.45) is 0 Å². The number of carbonyl (C=O) groups is 1. The maximum atomic E-state index is 12.3. The summed E-state index contributed by atoms with van der Waals surface area (Å²) in [5, 5.41) is 7.44. The summed E-state index contributed by atoms with van der Waals surface area (Å²) < 4.78 is 11.2. The van der Waals surface area contributed by atoms with Crippen molar-refractivity contribution in [2.75, 3.05) is 13.1 Å². The lowest BCUT2D eigenvalue weighted by Crippen LogP contribution is -2.35. The number of nitrogens with zero attached hydrogens (tertiary/aromatic N) is 4. The molecule has 0 saturated carbocycles. The van der Waals surface area contributed by atoms with Crippen LogP contribution in [0.4, 0.5) is 4.79 Å². The lowest BCUT2D eigenvalue weighted by Gasteiger charge is -2.24. The summed E-state index contributed by atoms with van der Waals surface area (Å²) >= 11 is 0. The van der Waals surface area contributed by atoms with Crippen molar-refractivity contribution in [2.45, 2.75) is 38.7 Å². The fraction of sp³-hybridized carbons (Fsp3) is 0.421. The van der Waals surface area contributed by atoms with Gasteiger partial charge in [0.05, 0.1) is 29.0 Å². The van der Waals surface area contributed by atoms with E-state index in [4.69, 9.17) is 9.47 Å². The lowest BCUT2D eigenvalue weighted by molar-refractivity contribution is 0.0292. The van der Waals surface area contributed by atoms with Gasteiger partial charge in [-0.15, -0.1) is 0 Å². The molecule has 0 aromatic carbocycles. The van der Waals surface area contributed by atoms with E-state index in [1.54, 1.807) is 11.0 Å². The number of likely N-dealkylation sites (tertiary alicyclic amines) is 1. The molecule has 1 atom stereocenters. The van der Waals surface area contributed by atoms with Crippen molar-refractivity contribution in [1.29, 1.82) is 0 Å². The van der Waals surface area contributed by atoms with Crippen molar-refractivity contribution in [3.63, 3.8) is 0 Å². The molecule has 1 fully saturated rings. The van der Waals surface area contributed by atoms with Crippen LogP contribution in [0.5, 0.6) is 11.8 Å². The number of ether oxygens (including phenoxy) is 2. The van der Waals surface area contributed by atoms with Crippen LogP contribution in [0.1, 0.15) is 38.8 Å². The molecule has 3 aromatic heterocycles. The SMILES string of the molecule is CC(C)(C)OC(=O)N1CC[C@@H](c2[nH]ncc2Oc2nc3cnccc3c(=O)[nH]2)C1. The zero-order valence-electron chi connectivity index (χ0n) is 16.4. The van der Waals surface area contributed by atoms with Crippen LogP contribution in [-0.2, 0) is 4.74 Å². The highest BCUT2D eigenvalue weighted by atomic mass is 16.6. The summed E-state index contributed by atoms with van der Waals surface area (Å²) in [6, 6.07) is 1.65. The fourth-order valence-electron chi connectivity index (χ4n) is 3.27. The topological polar surface area (TPSA) is 126 Å². The number of hydrogen-bond donors (Lipinski definition) is 2. The predicted octanol–water partition coefficient (Wildman–Crippen LogP) is 2.56. The van der Waals surface area contributed by atoms with Crippen molar-refractivity contribution in [3.05, 3.63) is 40.7 Å². The molecular weight excluding hydrogens is 376 g/mol. The summed E-state index contributed by atoms with van der Waals surface area (Å²) in [5.74, 6) is 0.460. The maximum Gasteiger partial charge on any atom is 0.410 e. The molecule has 29 heavy (non-hydrogen) atoms. The number of H-pyrrole nitrogens is 2. The minimum absolute atomic E-state index is 0.00821. The van der Waals surface area contributed by atoms with Gasteiger partial charge in [0.15, 0.2) is 5.75 Å². The van der Waals surface area contributed by atoms with Crippen molar-refractivity contribution in [1.82, 2.24) is 30.0 Å². The van der Waals surface area contributed by atoms with Gasteiger partial charge in [0, 0.05) is 25.2 Å². The minimum atomic E-state index is -0.542. The Morgan fingerprint density at radius 3 is 2.93 bits per heavy atom. The van der Waals surface area contributed by atoms with E-state index >= 15 is 0 Å². The summed E-state index contributed by atoms with van der Waals surface area (Å²) in [6.07, 6.45) is 4.96. The molecule has 2 N–H and O–H groups in total. The number of fused-ring (bicyclic) bond motifs is 1. The molecule has 10 nitrogen and oxygen atoms in total. The first-order valence-electron chi connectivity index (χ1n) is 9.33. The van der Waals surface area contributed by atoms with Gasteiger partial charge in [-0.3, -0.25) is 19.9 Å². The van der Waals surface area contributed by atoms with Gasteiger partial charge in [0.1, 0.15) is 5.60 Å². The molecule has 1 saturated heterocycles. The Balaban J connectivity index is 1.51. The van der Waals surface area contributed by atoms with Gasteiger partial charge in [-0.1, -0.05) is 0 Å². The number of rotatable bonds is 3. The zero-order valence-corrected chi connectivity index (χ0v) is 16.4. The van der Waals surface area contributed by atoms with Gasteiger partial charge in [-0.25, -0.2) is 4.79 Å². The molecule has 4 rings (SSSR count). The van der Waals surface area contributed by atoms with Gasteiger partial charge in [0.2, 0.25) is 0 Å². The number of amides is 1. The van der Waals surface area contributed by atoms with Gasteiger partial charge < -0.3 is 14.4 Å². The van der Waals surface area contributed by atoms with E-state index in [2.05, 4.69) is 25.1 Å². The number of nitrogens with one attached hydrogen (secondary N) is 2. The van der Waals surface area contributed by atoms with Crippen LogP contribution in [0.3, 0.4) is 0 Å². The van der Waals surface area contributed by atoms with Crippen molar-refractivity contribution < 1.29 is 14.3 Å². The maximum absolute atomic E-state index is 12.3. The summed E-state index contributed by atoms with van der Waals surface area (Å²) in [4.78, 5) is 37.1. The summed E-state index contributed by atoms with van der Waals surface area (Å²) in [6.45, 7) is 6.58. The van der Waals surface area contributed by atoms with Crippen LogP contribution >= 0.6 is 0 Å². The number of aromatic nitrogens is 5. The largest absolute Gasteiger partial charge is 0.444 e. The van der Waals surface area contributed by atoms with Gasteiger partial charge >= 0.3 is 12.1 Å². The van der Waals surface area contributed by atoms with Crippen molar-refractivity contribution >= 4 is 17.0 Å². The van der Waals surface area contributed by atoms with E-state index in [0.717, 1.165) is 12.1 Å². The second-order valence-corrected chi connectivity index (χ2v) is 7.93. The summed E-state index contributed by atoms with van der Waals surface area (Å²) in [7, 11) is 0. The van der Waals surface area contributed by atoms with Crippen molar-refractivity contribution in [3.8, 4) is 11.8 Å². The smallest absolute Gasteiger partial charge is 0.410 e. The van der Waals surface area contributed by atoms with Gasteiger partial charge in [-0.05, 0) is 33.3 Å². The number of hydrogen-bond acceptors (Lipinski definition) is 7. The van der Waals surface area contributed by atoms with Crippen LogP contribution in [0.15, 0.2) is 29.5 Å². The Labute approximate surface area is 166 Å². The molecule has 4 heterocycles. The van der Waals surface area contributed by atoms with Crippen LogP contribution in [-0.4, -0.2) is 54.8 Å².